The highest BCUT2D eigenvalue weighted by molar-refractivity contribution is 5.79. The Hall–Kier alpha value is -1.95. The third-order valence-corrected chi connectivity index (χ3v) is 4.87. The van der Waals surface area contributed by atoms with Crippen molar-refractivity contribution in [2.45, 2.75) is 45.7 Å². The lowest BCUT2D eigenvalue weighted by atomic mass is 10.0. The number of ether oxygens (including phenoxy) is 2. The summed E-state index contributed by atoms with van der Waals surface area (Å²) in [5.74, 6) is 2.34. The van der Waals surface area contributed by atoms with Crippen LogP contribution in [0.25, 0.3) is 0 Å². The molecule has 1 atom stereocenters. The number of hydrogen-bond donors (Lipinski definition) is 2. The van der Waals surface area contributed by atoms with E-state index in [4.69, 9.17) is 14.5 Å². The summed E-state index contributed by atoms with van der Waals surface area (Å²) in [4.78, 5) is 7.29. The quantitative estimate of drug-likeness (QED) is 0.550. The zero-order valence-corrected chi connectivity index (χ0v) is 16.7. The van der Waals surface area contributed by atoms with E-state index in [0.29, 0.717) is 12.6 Å². The maximum atomic E-state index is 5.37. The van der Waals surface area contributed by atoms with Gasteiger partial charge < -0.3 is 20.1 Å². The average Bonchev–Trinajstić information content (AvgIpc) is 2.69. The fourth-order valence-electron chi connectivity index (χ4n) is 3.41. The Bertz CT molecular complexity index is 577. The van der Waals surface area contributed by atoms with Crippen molar-refractivity contribution >= 4 is 5.96 Å². The number of nitrogens with one attached hydrogen (secondary N) is 2. The standard InChI is InChI=1S/C20H34N4O2/c1-5-21-20(23-15-17-9-7-8-12-24(17)6-2)22-14-16-10-11-18(25-3)19(13-16)26-4/h10-11,13,17H,5-9,12,14-15H2,1-4H3,(H2,21,22,23). The summed E-state index contributed by atoms with van der Waals surface area (Å²) in [6.07, 6.45) is 3.90. The van der Waals surface area contributed by atoms with Crippen LogP contribution in [-0.2, 0) is 6.54 Å². The van der Waals surface area contributed by atoms with Crippen molar-refractivity contribution in [3.05, 3.63) is 23.8 Å². The fourth-order valence-corrected chi connectivity index (χ4v) is 3.41. The molecule has 1 aliphatic rings. The highest BCUT2D eigenvalue weighted by atomic mass is 16.5. The Morgan fingerprint density at radius 3 is 2.65 bits per heavy atom. The molecule has 0 spiro atoms. The second-order valence-corrected chi connectivity index (χ2v) is 6.54. The monoisotopic (exact) mass is 362 g/mol. The van der Waals surface area contributed by atoms with E-state index in [0.717, 1.165) is 42.7 Å². The van der Waals surface area contributed by atoms with E-state index in [9.17, 15) is 0 Å². The maximum absolute atomic E-state index is 5.37. The summed E-state index contributed by atoms with van der Waals surface area (Å²) in [6, 6.07) is 6.52. The molecule has 146 valence electrons. The molecule has 0 bridgehead atoms. The van der Waals surface area contributed by atoms with Crippen molar-refractivity contribution in [1.29, 1.82) is 0 Å². The lowest BCUT2D eigenvalue weighted by molar-refractivity contribution is 0.157. The zero-order chi connectivity index (χ0) is 18.8. The largest absolute Gasteiger partial charge is 0.493 e. The minimum atomic E-state index is 0.595. The van der Waals surface area contributed by atoms with Gasteiger partial charge >= 0.3 is 0 Å². The van der Waals surface area contributed by atoms with Gasteiger partial charge in [0.2, 0.25) is 0 Å². The van der Waals surface area contributed by atoms with E-state index < -0.39 is 0 Å². The third kappa shape index (κ3) is 5.80. The van der Waals surface area contributed by atoms with Gasteiger partial charge in [0.1, 0.15) is 0 Å². The Morgan fingerprint density at radius 1 is 1.15 bits per heavy atom. The van der Waals surface area contributed by atoms with Crippen LogP contribution in [-0.4, -0.2) is 57.3 Å². The van der Waals surface area contributed by atoms with Gasteiger partial charge in [-0.1, -0.05) is 19.4 Å². The average molecular weight is 363 g/mol. The van der Waals surface area contributed by atoms with Crippen molar-refractivity contribution in [3.63, 3.8) is 0 Å². The zero-order valence-electron chi connectivity index (χ0n) is 16.7. The molecule has 1 aromatic carbocycles. The van der Waals surface area contributed by atoms with Gasteiger partial charge in [-0.05, 0) is 50.6 Å². The molecule has 1 aliphatic heterocycles. The van der Waals surface area contributed by atoms with Gasteiger partial charge in [0.15, 0.2) is 17.5 Å². The maximum Gasteiger partial charge on any atom is 0.191 e. The van der Waals surface area contributed by atoms with E-state index >= 15 is 0 Å². The number of likely N-dealkylation sites (N-methyl/N-ethyl adjacent to an activating group) is 1. The molecule has 2 rings (SSSR count). The van der Waals surface area contributed by atoms with Crippen LogP contribution in [0, 0.1) is 0 Å². The molecule has 0 aliphatic carbocycles. The van der Waals surface area contributed by atoms with Crippen LogP contribution >= 0.6 is 0 Å². The van der Waals surface area contributed by atoms with Crippen molar-refractivity contribution in [3.8, 4) is 11.5 Å². The summed E-state index contributed by atoms with van der Waals surface area (Å²) in [7, 11) is 3.30. The van der Waals surface area contributed by atoms with E-state index in [1.54, 1.807) is 14.2 Å². The van der Waals surface area contributed by atoms with Crippen LogP contribution in [0.4, 0.5) is 0 Å². The Kier molecular flexibility index (Phi) is 8.54. The van der Waals surface area contributed by atoms with Gasteiger partial charge in [-0.2, -0.15) is 0 Å². The molecule has 1 unspecified atom stereocenters. The molecule has 1 heterocycles. The van der Waals surface area contributed by atoms with Crippen LogP contribution in [0.2, 0.25) is 0 Å². The Morgan fingerprint density at radius 2 is 1.96 bits per heavy atom. The van der Waals surface area contributed by atoms with Gasteiger partial charge in [0, 0.05) is 19.1 Å². The van der Waals surface area contributed by atoms with Gasteiger partial charge in [-0.15, -0.1) is 0 Å². The molecular weight excluding hydrogens is 328 g/mol. The molecular formula is C20H34N4O2. The highest BCUT2D eigenvalue weighted by Crippen LogP contribution is 2.27. The summed E-state index contributed by atoms with van der Waals surface area (Å²) in [5, 5.41) is 6.86. The first kappa shape index (κ1) is 20.4. The number of benzene rings is 1. The molecule has 0 aromatic heterocycles. The number of rotatable bonds is 8. The minimum Gasteiger partial charge on any atom is -0.493 e. The number of hydrogen-bond acceptors (Lipinski definition) is 4. The van der Waals surface area contributed by atoms with E-state index in [1.807, 2.05) is 18.2 Å². The van der Waals surface area contributed by atoms with Gasteiger partial charge in [0.25, 0.3) is 0 Å². The van der Waals surface area contributed by atoms with Crippen molar-refractivity contribution in [1.82, 2.24) is 15.5 Å². The first-order chi connectivity index (χ1) is 12.7. The Labute approximate surface area is 158 Å². The molecule has 6 heteroatoms. The van der Waals surface area contributed by atoms with Crippen LogP contribution < -0.4 is 20.1 Å². The van der Waals surface area contributed by atoms with Crippen LogP contribution in [0.3, 0.4) is 0 Å². The number of aliphatic imine (C=N–C) groups is 1. The molecule has 1 aromatic rings. The molecule has 0 radical (unpaired) electrons. The van der Waals surface area contributed by atoms with Crippen molar-refractivity contribution in [2.24, 2.45) is 4.99 Å². The topological polar surface area (TPSA) is 58.1 Å². The van der Waals surface area contributed by atoms with Crippen LogP contribution in [0.1, 0.15) is 38.7 Å². The lowest BCUT2D eigenvalue weighted by Crippen LogP contribution is -2.49. The second kappa shape index (κ2) is 10.9. The summed E-state index contributed by atoms with van der Waals surface area (Å²) in [6.45, 7) is 9.04. The van der Waals surface area contributed by atoms with E-state index in [1.165, 1.54) is 25.8 Å². The predicted molar refractivity (Wildman–Crippen MR) is 107 cm³/mol. The number of nitrogens with zero attached hydrogens (tertiary/aromatic N) is 2. The van der Waals surface area contributed by atoms with Gasteiger partial charge in [-0.3, -0.25) is 4.90 Å². The molecule has 0 amide bonds. The van der Waals surface area contributed by atoms with E-state index in [2.05, 4.69) is 29.4 Å². The van der Waals surface area contributed by atoms with Gasteiger partial charge in [-0.25, -0.2) is 4.99 Å². The third-order valence-electron chi connectivity index (χ3n) is 4.87. The molecule has 1 saturated heterocycles. The van der Waals surface area contributed by atoms with Crippen molar-refractivity contribution in [2.75, 3.05) is 40.4 Å². The molecule has 6 nitrogen and oxygen atoms in total. The molecule has 2 N–H and O–H groups in total. The predicted octanol–water partition coefficient (Wildman–Crippen LogP) is 2.63. The smallest absolute Gasteiger partial charge is 0.191 e. The SMILES string of the molecule is CCNC(=NCc1ccc(OC)c(OC)c1)NCC1CCCCN1CC. The summed E-state index contributed by atoms with van der Waals surface area (Å²) >= 11 is 0. The molecule has 0 saturated carbocycles. The Balaban J connectivity index is 1.97. The summed E-state index contributed by atoms with van der Waals surface area (Å²) in [5.41, 5.74) is 1.09. The first-order valence-electron chi connectivity index (χ1n) is 9.68. The van der Waals surface area contributed by atoms with Crippen molar-refractivity contribution < 1.29 is 9.47 Å². The van der Waals surface area contributed by atoms with Crippen LogP contribution in [0.5, 0.6) is 11.5 Å². The summed E-state index contributed by atoms with van der Waals surface area (Å²) < 4.78 is 10.7. The number of piperidine rings is 1. The number of guanidine groups is 1. The number of methoxy groups -OCH3 is 2. The van der Waals surface area contributed by atoms with Crippen LogP contribution in [0.15, 0.2) is 23.2 Å². The van der Waals surface area contributed by atoms with E-state index in [-0.39, 0.29) is 0 Å². The molecule has 26 heavy (non-hydrogen) atoms. The lowest BCUT2D eigenvalue weighted by Gasteiger charge is -2.35. The fraction of sp³-hybridized carbons (Fsp3) is 0.650. The second-order valence-electron chi connectivity index (χ2n) is 6.54. The minimum absolute atomic E-state index is 0.595. The first-order valence-corrected chi connectivity index (χ1v) is 9.68. The molecule has 1 fully saturated rings. The number of likely N-dealkylation sites (tertiary alicyclic amines) is 1. The van der Waals surface area contributed by atoms with Gasteiger partial charge in [0.05, 0.1) is 20.8 Å². The normalized spacial score (nSPS) is 18.5. The highest BCUT2D eigenvalue weighted by Gasteiger charge is 2.20.